The van der Waals surface area contributed by atoms with Crippen molar-refractivity contribution in [2.45, 2.75) is 26.4 Å². The van der Waals surface area contributed by atoms with E-state index in [2.05, 4.69) is 26.2 Å². The summed E-state index contributed by atoms with van der Waals surface area (Å²) < 4.78 is 2.60. The number of aromatic nitrogens is 3. The Bertz CT molecular complexity index is 543. The lowest BCUT2D eigenvalue weighted by molar-refractivity contribution is 0.0737. The van der Waals surface area contributed by atoms with E-state index < -0.39 is 5.60 Å². The lowest BCUT2D eigenvalue weighted by atomic mass is 10.1. The fourth-order valence-electron chi connectivity index (χ4n) is 1.46. The molecule has 0 amide bonds. The summed E-state index contributed by atoms with van der Waals surface area (Å²) in [6, 6.07) is 5.98. The maximum atomic E-state index is 9.84. The van der Waals surface area contributed by atoms with Crippen LogP contribution in [0.3, 0.4) is 0 Å². The standard InChI is InChI=1S/C12H14BrN3O/c1-8-4-5-10(9(13)6-8)16-7-11(14-15-16)12(2,3)17/h4-7,17H,1-3H3. The van der Waals surface area contributed by atoms with Gasteiger partial charge in [-0.1, -0.05) is 11.3 Å². The van der Waals surface area contributed by atoms with E-state index in [9.17, 15) is 5.11 Å². The van der Waals surface area contributed by atoms with E-state index in [1.807, 2.05) is 25.1 Å². The molecule has 4 nitrogen and oxygen atoms in total. The molecule has 5 heteroatoms. The highest BCUT2D eigenvalue weighted by Crippen LogP contribution is 2.23. The molecule has 2 rings (SSSR count). The predicted octanol–water partition coefficient (Wildman–Crippen LogP) is 2.57. The molecule has 0 fully saturated rings. The van der Waals surface area contributed by atoms with Gasteiger partial charge in [0.2, 0.25) is 0 Å². The summed E-state index contributed by atoms with van der Waals surface area (Å²) >= 11 is 3.49. The number of benzene rings is 1. The van der Waals surface area contributed by atoms with Crippen LogP contribution in [0.2, 0.25) is 0 Å². The van der Waals surface area contributed by atoms with Gasteiger partial charge < -0.3 is 5.11 Å². The maximum Gasteiger partial charge on any atom is 0.114 e. The Morgan fingerprint density at radius 2 is 2.06 bits per heavy atom. The van der Waals surface area contributed by atoms with Gasteiger partial charge in [-0.2, -0.15) is 0 Å². The first-order valence-corrected chi connectivity index (χ1v) is 6.09. The highest BCUT2D eigenvalue weighted by Gasteiger charge is 2.20. The summed E-state index contributed by atoms with van der Waals surface area (Å²) in [6.45, 7) is 5.40. The molecule has 0 aliphatic rings. The Balaban J connectivity index is 2.44. The van der Waals surface area contributed by atoms with E-state index in [-0.39, 0.29) is 0 Å². The Morgan fingerprint density at radius 3 is 2.59 bits per heavy atom. The molecular weight excluding hydrogens is 282 g/mol. The molecule has 2 aromatic rings. The Hall–Kier alpha value is -1.20. The van der Waals surface area contributed by atoms with Gasteiger partial charge in [0.1, 0.15) is 11.3 Å². The maximum absolute atomic E-state index is 9.84. The quantitative estimate of drug-likeness (QED) is 0.926. The minimum Gasteiger partial charge on any atom is -0.384 e. The Morgan fingerprint density at radius 1 is 1.35 bits per heavy atom. The van der Waals surface area contributed by atoms with Gasteiger partial charge in [-0.15, -0.1) is 5.10 Å². The van der Waals surface area contributed by atoms with Crippen LogP contribution in [-0.4, -0.2) is 20.1 Å². The first kappa shape index (κ1) is 12.3. The molecule has 0 aliphatic heterocycles. The van der Waals surface area contributed by atoms with Gasteiger partial charge in [0.25, 0.3) is 0 Å². The second-order valence-electron chi connectivity index (χ2n) is 4.56. The zero-order chi connectivity index (χ0) is 12.6. The summed E-state index contributed by atoms with van der Waals surface area (Å²) in [5.74, 6) is 0. The van der Waals surface area contributed by atoms with E-state index in [1.54, 1.807) is 24.7 Å². The average Bonchev–Trinajstić information content (AvgIpc) is 2.65. The third kappa shape index (κ3) is 2.56. The highest BCUT2D eigenvalue weighted by atomic mass is 79.9. The van der Waals surface area contributed by atoms with Gasteiger partial charge in [-0.25, -0.2) is 4.68 Å². The number of hydrogen-bond donors (Lipinski definition) is 1. The van der Waals surface area contributed by atoms with Crippen LogP contribution in [0.5, 0.6) is 0 Å². The molecule has 0 spiro atoms. The topological polar surface area (TPSA) is 50.9 Å². The van der Waals surface area contributed by atoms with E-state index in [0.717, 1.165) is 10.2 Å². The molecule has 0 radical (unpaired) electrons. The third-order valence-corrected chi connectivity index (χ3v) is 3.11. The van der Waals surface area contributed by atoms with Gasteiger partial charge in [0, 0.05) is 4.47 Å². The minimum absolute atomic E-state index is 0.546. The molecule has 1 aromatic carbocycles. The van der Waals surface area contributed by atoms with E-state index >= 15 is 0 Å². The SMILES string of the molecule is Cc1ccc(-n2cc(C(C)(C)O)nn2)c(Br)c1. The van der Waals surface area contributed by atoms with Crippen LogP contribution in [0, 0.1) is 6.92 Å². The zero-order valence-corrected chi connectivity index (χ0v) is 11.6. The molecule has 0 atom stereocenters. The van der Waals surface area contributed by atoms with Crippen molar-refractivity contribution in [3.05, 3.63) is 40.1 Å². The van der Waals surface area contributed by atoms with Crippen LogP contribution in [0.4, 0.5) is 0 Å². The van der Waals surface area contributed by atoms with E-state index in [4.69, 9.17) is 0 Å². The van der Waals surface area contributed by atoms with Gasteiger partial charge >= 0.3 is 0 Å². The van der Waals surface area contributed by atoms with Crippen LogP contribution in [0.25, 0.3) is 5.69 Å². The van der Waals surface area contributed by atoms with Crippen LogP contribution < -0.4 is 0 Å². The number of halogens is 1. The summed E-state index contributed by atoms with van der Waals surface area (Å²) in [7, 11) is 0. The van der Waals surface area contributed by atoms with E-state index in [1.165, 1.54) is 5.56 Å². The van der Waals surface area contributed by atoms with Crippen LogP contribution in [0.1, 0.15) is 25.1 Å². The Labute approximate surface area is 108 Å². The molecule has 0 saturated carbocycles. The van der Waals surface area contributed by atoms with Crippen LogP contribution in [0.15, 0.2) is 28.9 Å². The van der Waals surface area contributed by atoms with Crippen molar-refractivity contribution in [2.75, 3.05) is 0 Å². The molecule has 0 unspecified atom stereocenters. The molecule has 17 heavy (non-hydrogen) atoms. The largest absolute Gasteiger partial charge is 0.384 e. The summed E-state index contributed by atoms with van der Waals surface area (Å²) in [5.41, 5.74) is 1.64. The average molecular weight is 296 g/mol. The van der Waals surface area contributed by atoms with Crippen molar-refractivity contribution in [1.29, 1.82) is 0 Å². The highest BCUT2D eigenvalue weighted by molar-refractivity contribution is 9.10. The molecule has 1 N–H and O–H groups in total. The summed E-state index contributed by atoms with van der Waals surface area (Å²) in [5, 5.41) is 17.8. The van der Waals surface area contributed by atoms with Crippen molar-refractivity contribution >= 4 is 15.9 Å². The number of hydrogen-bond acceptors (Lipinski definition) is 3. The molecule has 90 valence electrons. The molecule has 0 bridgehead atoms. The lowest BCUT2D eigenvalue weighted by Gasteiger charge is -2.11. The number of aliphatic hydroxyl groups is 1. The van der Waals surface area contributed by atoms with Crippen molar-refractivity contribution in [2.24, 2.45) is 0 Å². The molecule has 1 heterocycles. The zero-order valence-electron chi connectivity index (χ0n) is 9.98. The van der Waals surface area contributed by atoms with E-state index in [0.29, 0.717) is 5.69 Å². The fraction of sp³-hybridized carbons (Fsp3) is 0.333. The first-order valence-electron chi connectivity index (χ1n) is 5.29. The second-order valence-corrected chi connectivity index (χ2v) is 5.42. The normalized spacial score (nSPS) is 11.8. The van der Waals surface area contributed by atoms with Crippen molar-refractivity contribution in [1.82, 2.24) is 15.0 Å². The predicted molar refractivity (Wildman–Crippen MR) is 69.0 cm³/mol. The van der Waals surface area contributed by atoms with Gasteiger partial charge in [0.05, 0.1) is 11.9 Å². The molecule has 0 saturated heterocycles. The Kier molecular flexibility index (Phi) is 3.05. The van der Waals surface area contributed by atoms with Crippen molar-refractivity contribution in [3.8, 4) is 5.69 Å². The van der Waals surface area contributed by atoms with Gasteiger partial charge in [-0.05, 0) is 54.4 Å². The smallest absolute Gasteiger partial charge is 0.114 e. The fourth-order valence-corrected chi connectivity index (χ4v) is 2.13. The molecule has 0 aliphatic carbocycles. The van der Waals surface area contributed by atoms with Crippen molar-refractivity contribution in [3.63, 3.8) is 0 Å². The van der Waals surface area contributed by atoms with Crippen LogP contribution in [-0.2, 0) is 5.60 Å². The summed E-state index contributed by atoms with van der Waals surface area (Å²) in [6.07, 6.45) is 1.73. The monoisotopic (exact) mass is 295 g/mol. The van der Waals surface area contributed by atoms with Crippen molar-refractivity contribution < 1.29 is 5.11 Å². The lowest BCUT2D eigenvalue weighted by Crippen LogP contribution is -2.15. The van der Waals surface area contributed by atoms with Gasteiger partial charge in [0.15, 0.2) is 0 Å². The molecular formula is C12H14BrN3O. The number of nitrogens with zero attached hydrogens (tertiary/aromatic N) is 3. The second kappa shape index (κ2) is 4.23. The summed E-state index contributed by atoms with van der Waals surface area (Å²) in [4.78, 5) is 0. The number of rotatable bonds is 2. The molecule has 1 aromatic heterocycles. The third-order valence-electron chi connectivity index (χ3n) is 2.47. The van der Waals surface area contributed by atoms with Gasteiger partial charge in [-0.3, -0.25) is 0 Å². The number of aryl methyl sites for hydroxylation is 1. The first-order chi connectivity index (χ1) is 7.88. The van der Waals surface area contributed by atoms with Crippen LogP contribution >= 0.6 is 15.9 Å². The minimum atomic E-state index is -0.977.